The molecule has 0 aliphatic rings. The number of benzene rings is 1. The predicted octanol–water partition coefficient (Wildman–Crippen LogP) is 3.69. The number of nitrogens with one attached hydrogen (secondary N) is 1. The highest BCUT2D eigenvalue weighted by Crippen LogP contribution is 2.24. The molecule has 1 heterocycles. The van der Waals surface area contributed by atoms with E-state index in [0.717, 1.165) is 28.8 Å². The quantitative estimate of drug-likeness (QED) is 0.923. The van der Waals surface area contributed by atoms with Gasteiger partial charge in [0.2, 0.25) is 0 Å². The first-order chi connectivity index (χ1) is 9.41. The van der Waals surface area contributed by atoms with Gasteiger partial charge in [0.1, 0.15) is 0 Å². The van der Waals surface area contributed by atoms with Crippen LogP contribution in [0, 0.1) is 0 Å². The Balaban J connectivity index is 2.24. The largest absolute Gasteiger partial charge is 0.319 e. The minimum atomic E-state index is 0.182. The molecule has 3 nitrogen and oxygen atoms in total. The molecule has 1 aromatic heterocycles. The van der Waals surface area contributed by atoms with E-state index in [0.29, 0.717) is 0 Å². The zero-order chi connectivity index (χ0) is 14.8. The molecule has 0 aliphatic carbocycles. The summed E-state index contributed by atoms with van der Waals surface area (Å²) < 4.78 is 2.99. The number of rotatable bonds is 4. The summed E-state index contributed by atoms with van der Waals surface area (Å²) in [7, 11) is 1.95. The topological polar surface area (TPSA) is 29.9 Å². The fourth-order valence-electron chi connectivity index (χ4n) is 2.05. The summed E-state index contributed by atoms with van der Waals surface area (Å²) >= 11 is 3.58. The summed E-state index contributed by atoms with van der Waals surface area (Å²) in [4.78, 5) is 0. The Morgan fingerprint density at radius 1 is 1.20 bits per heavy atom. The SMILES string of the molecule is CNCCc1nn(-c2ccc(C(C)(C)C)cc2)cc1Br. The van der Waals surface area contributed by atoms with E-state index in [4.69, 9.17) is 0 Å². The van der Waals surface area contributed by atoms with Crippen molar-refractivity contribution >= 4 is 15.9 Å². The minimum Gasteiger partial charge on any atom is -0.319 e. The molecule has 0 saturated heterocycles. The third-order valence-electron chi connectivity index (χ3n) is 3.35. The van der Waals surface area contributed by atoms with E-state index >= 15 is 0 Å². The Labute approximate surface area is 129 Å². The van der Waals surface area contributed by atoms with Crippen molar-refractivity contribution in [1.29, 1.82) is 0 Å². The fraction of sp³-hybridized carbons (Fsp3) is 0.438. The van der Waals surface area contributed by atoms with Gasteiger partial charge in [-0.25, -0.2) is 4.68 Å². The van der Waals surface area contributed by atoms with Crippen LogP contribution in [0.5, 0.6) is 0 Å². The molecular weight excluding hydrogens is 314 g/mol. The molecule has 1 N–H and O–H groups in total. The van der Waals surface area contributed by atoms with E-state index in [9.17, 15) is 0 Å². The van der Waals surface area contributed by atoms with Crippen LogP contribution in [-0.4, -0.2) is 23.4 Å². The Kier molecular flexibility index (Phi) is 4.66. The summed E-state index contributed by atoms with van der Waals surface area (Å²) in [5, 5.41) is 7.79. The lowest BCUT2D eigenvalue weighted by Crippen LogP contribution is -2.11. The van der Waals surface area contributed by atoms with Crippen molar-refractivity contribution in [3.05, 3.63) is 46.2 Å². The van der Waals surface area contributed by atoms with Gasteiger partial charge in [-0.3, -0.25) is 0 Å². The second kappa shape index (κ2) is 6.10. The molecule has 0 aliphatic heterocycles. The molecule has 2 aromatic rings. The lowest BCUT2D eigenvalue weighted by atomic mass is 9.87. The zero-order valence-electron chi connectivity index (χ0n) is 12.6. The molecule has 0 saturated carbocycles. The number of hydrogen-bond acceptors (Lipinski definition) is 2. The smallest absolute Gasteiger partial charge is 0.0783 e. The Bertz CT molecular complexity index is 564. The van der Waals surface area contributed by atoms with Crippen LogP contribution >= 0.6 is 15.9 Å². The van der Waals surface area contributed by atoms with E-state index in [1.807, 2.05) is 17.9 Å². The van der Waals surface area contributed by atoms with Gasteiger partial charge in [0, 0.05) is 19.2 Å². The molecule has 108 valence electrons. The van der Waals surface area contributed by atoms with Gasteiger partial charge in [0.25, 0.3) is 0 Å². The monoisotopic (exact) mass is 335 g/mol. The lowest BCUT2D eigenvalue weighted by Gasteiger charge is -2.19. The molecule has 0 bridgehead atoms. The van der Waals surface area contributed by atoms with Crippen molar-refractivity contribution in [1.82, 2.24) is 15.1 Å². The van der Waals surface area contributed by atoms with Gasteiger partial charge in [0.05, 0.1) is 15.9 Å². The Hall–Kier alpha value is -1.13. The lowest BCUT2D eigenvalue weighted by molar-refractivity contribution is 0.590. The van der Waals surface area contributed by atoms with Crippen LogP contribution in [0.1, 0.15) is 32.0 Å². The highest BCUT2D eigenvalue weighted by Gasteiger charge is 2.13. The van der Waals surface area contributed by atoms with Crippen LogP contribution < -0.4 is 5.32 Å². The zero-order valence-corrected chi connectivity index (χ0v) is 14.2. The number of halogens is 1. The standard InChI is InChI=1S/C16H22BrN3/c1-16(2,3)12-5-7-13(8-6-12)20-11-14(17)15(19-20)9-10-18-4/h5-8,11,18H,9-10H2,1-4H3. The van der Waals surface area contributed by atoms with E-state index in [2.05, 4.69) is 71.4 Å². The van der Waals surface area contributed by atoms with Gasteiger partial charge < -0.3 is 5.32 Å². The number of likely N-dealkylation sites (N-methyl/N-ethyl adjacent to an activating group) is 1. The maximum atomic E-state index is 4.64. The van der Waals surface area contributed by atoms with E-state index in [1.165, 1.54) is 5.56 Å². The molecule has 0 radical (unpaired) electrons. The van der Waals surface area contributed by atoms with Gasteiger partial charge >= 0.3 is 0 Å². The molecule has 2 rings (SSSR count). The summed E-state index contributed by atoms with van der Waals surface area (Å²) in [5.74, 6) is 0. The molecule has 4 heteroatoms. The minimum absolute atomic E-state index is 0.182. The average Bonchev–Trinajstić information content (AvgIpc) is 2.77. The van der Waals surface area contributed by atoms with Crippen molar-refractivity contribution in [2.45, 2.75) is 32.6 Å². The van der Waals surface area contributed by atoms with E-state index < -0.39 is 0 Å². The van der Waals surface area contributed by atoms with Crippen molar-refractivity contribution in [3.8, 4) is 5.69 Å². The van der Waals surface area contributed by atoms with Crippen molar-refractivity contribution in [2.24, 2.45) is 0 Å². The molecule has 20 heavy (non-hydrogen) atoms. The molecule has 0 amide bonds. The van der Waals surface area contributed by atoms with Crippen LogP contribution in [0.4, 0.5) is 0 Å². The summed E-state index contributed by atoms with van der Waals surface area (Å²) in [5.41, 5.74) is 3.69. The van der Waals surface area contributed by atoms with Gasteiger partial charge in [-0.05, 0) is 46.1 Å². The third kappa shape index (κ3) is 3.49. The molecule has 0 atom stereocenters. The van der Waals surface area contributed by atoms with Crippen LogP contribution in [0.25, 0.3) is 5.69 Å². The van der Waals surface area contributed by atoms with Crippen molar-refractivity contribution in [3.63, 3.8) is 0 Å². The third-order valence-corrected chi connectivity index (χ3v) is 4.01. The highest BCUT2D eigenvalue weighted by molar-refractivity contribution is 9.10. The van der Waals surface area contributed by atoms with Crippen molar-refractivity contribution < 1.29 is 0 Å². The highest BCUT2D eigenvalue weighted by atomic mass is 79.9. The van der Waals surface area contributed by atoms with Gasteiger partial charge in [-0.1, -0.05) is 32.9 Å². The molecule has 1 aromatic carbocycles. The number of nitrogens with zero attached hydrogens (tertiary/aromatic N) is 2. The molecule has 0 unspecified atom stereocenters. The van der Waals surface area contributed by atoms with E-state index in [-0.39, 0.29) is 5.41 Å². The normalized spacial score (nSPS) is 11.8. The maximum Gasteiger partial charge on any atom is 0.0783 e. The maximum absolute atomic E-state index is 4.64. The molecular formula is C16H22BrN3. The van der Waals surface area contributed by atoms with Crippen LogP contribution in [-0.2, 0) is 11.8 Å². The van der Waals surface area contributed by atoms with Gasteiger partial charge in [-0.2, -0.15) is 5.10 Å². The van der Waals surface area contributed by atoms with Gasteiger partial charge in [-0.15, -0.1) is 0 Å². The second-order valence-corrected chi connectivity index (χ2v) is 6.87. The van der Waals surface area contributed by atoms with Crippen LogP contribution in [0.3, 0.4) is 0 Å². The first-order valence-electron chi connectivity index (χ1n) is 6.91. The summed E-state index contributed by atoms with van der Waals surface area (Å²) in [6.45, 7) is 7.60. The first-order valence-corrected chi connectivity index (χ1v) is 7.70. The van der Waals surface area contributed by atoms with Gasteiger partial charge in [0.15, 0.2) is 0 Å². The summed E-state index contributed by atoms with van der Waals surface area (Å²) in [6, 6.07) is 8.61. The summed E-state index contributed by atoms with van der Waals surface area (Å²) in [6.07, 6.45) is 2.95. The second-order valence-electron chi connectivity index (χ2n) is 6.02. The van der Waals surface area contributed by atoms with Crippen LogP contribution in [0.2, 0.25) is 0 Å². The number of aromatic nitrogens is 2. The van der Waals surface area contributed by atoms with E-state index in [1.54, 1.807) is 0 Å². The fourth-order valence-corrected chi connectivity index (χ4v) is 2.52. The first kappa shape index (κ1) is 15.3. The Morgan fingerprint density at radius 2 is 1.85 bits per heavy atom. The van der Waals surface area contributed by atoms with Crippen molar-refractivity contribution in [2.75, 3.05) is 13.6 Å². The van der Waals surface area contributed by atoms with Crippen LogP contribution in [0.15, 0.2) is 34.9 Å². The Morgan fingerprint density at radius 3 is 2.40 bits per heavy atom. The molecule has 0 spiro atoms. The number of hydrogen-bond donors (Lipinski definition) is 1. The average molecular weight is 336 g/mol. The predicted molar refractivity (Wildman–Crippen MR) is 87.6 cm³/mol. The molecule has 0 fully saturated rings.